The van der Waals surface area contributed by atoms with Crippen LogP contribution < -0.4 is 10.6 Å². The molecule has 2 N–H and O–H groups in total. The lowest BCUT2D eigenvalue weighted by molar-refractivity contribution is -0.119. The molecule has 2 aromatic rings. The van der Waals surface area contributed by atoms with Gasteiger partial charge in [-0.2, -0.15) is 0 Å². The van der Waals surface area contributed by atoms with E-state index in [0.717, 1.165) is 42.6 Å². The highest BCUT2D eigenvalue weighted by atomic mass is 32.2. The van der Waals surface area contributed by atoms with Crippen molar-refractivity contribution < 1.29 is 9.59 Å². The third-order valence-corrected chi connectivity index (χ3v) is 5.44. The van der Waals surface area contributed by atoms with Crippen molar-refractivity contribution in [1.82, 2.24) is 20.6 Å². The van der Waals surface area contributed by atoms with Crippen LogP contribution in [0.5, 0.6) is 0 Å². The molecule has 1 saturated carbocycles. The first-order valence-corrected chi connectivity index (χ1v) is 10.1. The Hall–Kier alpha value is -2.41. The molecule has 0 unspecified atom stereocenters. The number of carbonyl (C=O) groups excluding carboxylic acids is 2. The Labute approximate surface area is 163 Å². The minimum atomic E-state index is -0.482. The van der Waals surface area contributed by atoms with Gasteiger partial charge in [-0.3, -0.25) is 10.1 Å². The zero-order valence-corrected chi connectivity index (χ0v) is 16.4. The summed E-state index contributed by atoms with van der Waals surface area (Å²) in [6.07, 6.45) is 4.20. The van der Waals surface area contributed by atoms with Crippen LogP contribution in [0.2, 0.25) is 0 Å². The number of aromatic nitrogens is 2. The first-order valence-electron chi connectivity index (χ1n) is 9.20. The normalized spacial score (nSPS) is 15.3. The fraction of sp³-hybridized carbons (Fsp3) is 0.400. The van der Waals surface area contributed by atoms with E-state index in [2.05, 4.69) is 20.6 Å². The molecule has 1 atom stereocenters. The molecular weight excluding hydrogens is 360 g/mol. The van der Waals surface area contributed by atoms with Crippen LogP contribution in [-0.4, -0.2) is 33.2 Å². The fourth-order valence-corrected chi connectivity index (χ4v) is 3.90. The molecule has 7 heteroatoms. The van der Waals surface area contributed by atoms with Gasteiger partial charge in [-0.15, -0.1) is 0 Å². The van der Waals surface area contributed by atoms with Crippen molar-refractivity contribution >= 4 is 23.7 Å². The number of aryl methyl sites for hydroxylation is 1. The number of hydrogen-bond acceptors (Lipinski definition) is 5. The highest BCUT2D eigenvalue weighted by Crippen LogP contribution is 2.24. The number of hydrogen-bond donors (Lipinski definition) is 2. The lowest BCUT2D eigenvalue weighted by atomic mass is 10.1. The summed E-state index contributed by atoms with van der Waals surface area (Å²) < 4.78 is 0. The molecule has 142 valence electrons. The molecule has 1 fully saturated rings. The van der Waals surface area contributed by atoms with E-state index < -0.39 is 11.3 Å². The van der Waals surface area contributed by atoms with E-state index in [1.165, 1.54) is 11.8 Å². The van der Waals surface area contributed by atoms with Crippen molar-refractivity contribution in [2.75, 3.05) is 0 Å². The largest absolute Gasteiger partial charge is 0.335 e. The Bertz CT molecular complexity index is 807. The number of nitrogens with zero attached hydrogens (tertiary/aromatic N) is 2. The Morgan fingerprint density at radius 3 is 2.56 bits per heavy atom. The average Bonchev–Trinajstić information content (AvgIpc) is 3.14. The van der Waals surface area contributed by atoms with E-state index in [-0.39, 0.29) is 11.9 Å². The standard InChI is InChI=1S/C20H24N4O2S/c1-13-12-17(15-8-4-3-5-9-15)23-20(21-13)27-14(2)18(25)24-19(26)22-16-10-6-7-11-16/h3-5,8-9,12,14,16H,6-7,10-11H2,1-2H3,(H2,22,24,25,26)/t14-/m0/s1. The quantitative estimate of drug-likeness (QED) is 0.607. The number of carbonyl (C=O) groups is 2. The van der Waals surface area contributed by atoms with Crippen LogP contribution in [0.25, 0.3) is 11.3 Å². The molecule has 27 heavy (non-hydrogen) atoms. The summed E-state index contributed by atoms with van der Waals surface area (Å²) in [7, 11) is 0. The molecule has 0 saturated heterocycles. The van der Waals surface area contributed by atoms with Gasteiger partial charge in [0.15, 0.2) is 5.16 Å². The molecule has 3 amide bonds. The predicted molar refractivity (Wildman–Crippen MR) is 106 cm³/mol. The van der Waals surface area contributed by atoms with E-state index in [9.17, 15) is 9.59 Å². The summed E-state index contributed by atoms with van der Waals surface area (Å²) in [6, 6.07) is 11.5. The number of benzene rings is 1. The number of rotatable bonds is 5. The van der Waals surface area contributed by atoms with Crippen LogP contribution in [0.4, 0.5) is 4.79 Å². The van der Waals surface area contributed by atoms with Gasteiger partial charge in [-0.1, -0.05) is 54.9 Å². The van der Waals surface area contributed by atoms with Crippen LogP contribution in [0.15, 0.2) is 41.6 Å². The Kier molecular flexibility index (Phi) is 6.45. The van der Waals surface area contributed by atoms with Crippen LogP contribution >= 0.6 is 11.8 Å². The van der Waals surface area contributed by atoms with Crippen molar-refractivity contribution in [3.63, 3.8) is 0 Å². The van der Waals surface area contributed by atoms with Crippen molar-refractivity contribution in [3.8, 4) is 11.3 Å². The minimum absolute atomic E-state index is 0.175. The van der Waals surface area contributed by atoms with Gasteiger partial charge < -0.3 is 5.32 Å². The smallest absolute Gasteiger partial charge is 0.321 e. The van der Waals surface area contributed by atoms with Crippen molar-refractivity contribution in [1.29, 1.82) is 0 Å². The van der Waals surface area contributed by atoms with Gasteiger partial charge in [-0.25, -0.2) is 14.8 Å². The van der Waals surface area contributed by atoms with Gasteiger partial charge in [-0.05, 0) is 32.8 Å². The van der Waals surface area contributed by atoms with E-state index in [4.69, 9.17) is 0 Å². The topological polar surface area (TPSA) is 84.0 Å². The second-order valence-electron chi connectivity index (χ2n) is 6.75. The summed E-state index contributed by atoms with van der Waals surface area (Å²) in [5.41, 5.74) is 2.65. The maximum absolute atomic E-state index is 12.3. The summed E-state index contributed by atoms with van der Waals surface area (Å²) >= 11 is 1.25. The first-order chi connectivity index (χ1) is 13.0. The summed E-state index contributed by atoms with van der Waals surface area (Å²) in [5, 5.41) is 5.32. The molecule has 0 radical (unpaired) electrons. The number of urea groups is 1. The van der Waals surface area contributed by atoms with Crippen LogP contribution in [0.1, 0.15) is 38.3 Å². The zero-order chi connectivity index (χ0) is 19.2. The summed E-state index contributed by atoms with van der Waals surface area (Å²) in [4.78, 5) is 33.3. The van der Waals surface area contributed by atoms with Crippen LogP contribution in [0.3, 0.4) is 0 Å². The number of imide groups is 1. The highest BCUT2D eigenvalue weighted by Gasteiger charge is 2.22. The van der Waals surface area contributed by atoms with Gasteiger partial charge in [0.1, 0.15) is 0 Å². The maximum Gasteiger partial charge on any atom is 0.321 e. The van der Waals surface area contributed by atoms with Gasteiger partial charge in [0.25, 0.3) is 0 Å². The van der Waals surface area contributed by atoms with E-state index in [1.807, 2.05) is 43.3 Å². The maximum atomic E-state index is 12.3. The molecule has 0 aliphatic heterocycles. The molecule has 0 bridgehead atoms. The van der Waals surface area contributed by atoms with Crippen LogP contribution in [0, 0.1) is 6.92 Å². The van der Waals surface area contributed by atoms with E-state index in [0.29, 0.717) is 5.16 Å². The molecule has 1 heterocycles. The zero-order valence-electron chi connectivity index (χ0n) is 15.6. The van der Waals surface area contributed by atoms with Gasteiger partial charge >= 0.3 is 6.03 Å². The molecule has 1 aliphatic carbocycles. The molecule has 3 rings (SSSR count). The SMILES string of the molecule is Cc1cc(-c2ccccc2)nc(S[C@@H](C)C(=O)NC(=O)NC2CCCC2)n1. The lowest BCUT2D eigenvalue weighted by Crippen LogP contribution is -2.45. The van der Waals surface area contributed by atoms with Crippen molar-refractivity contribution in [3.05, 3.63) is 42.1 Å². The van der Waals surface area contributed by atoms with Gasteiger partial charge in [0, 0.05) is 17.3 Å². The number of thioether (sulfide) groups is 1. The van der Waals surface area contributed by atoms with Crippen molar-refractivity contribution in [2.24, 2.45) is 0 Å². The van der Waals surface area contributed by atoms with E-state index >= 15 is 0 Å². The third-order valence-electron chi connectivity index (χ3n) is 4.48. The second kappa shape index (κ2) is 8.99. The second-order valence-corrected chi connectivity index (χ2v) is 8.06. The molecule has 1 aromatic carbocycles. The van der Waals surface area contributed by atoms with Crippen molar-refractivity contribution in [2.45, 2.75) is 56.0 Å². The lowest BCUT2D eigenvalue weighted by Gasteiger charge is -2.14. The molecule has 1 aliphatic rings. The number of nitrogens with one attached hydrogen (secondary N) is 2. The summed E-state index contributed by atoms with van der Waals surface area (Å²) in [6.45, 7) is 3.65. The van der Waals surface area contributed by atoms with Gasteiger partial charge in [0.2, 0.25) is 5.91 Å². The van der Waals surface area contributed by atoms with E-state index in [1.54, 1.807) is 6.92 Å². The molecule has 6 nitrogen and oxygen atoms in total. The molecular formula is C20H24N4O2S. The molecule has 1 aromatic heterocycles. The fourth-order valence-electron chi connectivity index (χ4n) is 3.07. The van der Waals surface area contributed by atoms with Crippen LogP contribution in [-0.2, 0) is 4.79 Å². The Morgan fingerprint density at radius 1 is 1.15 bits per heavy atom. The minimum Gasteiger partial charge on any atom is -0.335 e. The summed E-state index contributed by atoms with van der Waals surface area (Å²) in [5.74, 6) is -0.345. The predicted octanol–water partition coefficient (Wildman–Crippen LogP) is 3.70. The van der Waals surface area contributed by atoms with Gasteiger partial charge in [0.05, 0.1) is 10.9 Å². The monoisotopic (exact) mass is 384 g/mol. The highest BCUT2D eigenvalue weighted by molar-refractivity contribution is 8.00. The average molecular weight is 385 g/mol. The Morgan fingerprint density at radius 2 is 1.85 bits per heavy atom. The molecule has 0 spiro atoms. The third kappa shape index (κ3) is 5.53. The Balaban J connectivity index is 1.61. The number of amides is 3. The first kappa shape index (κ1) is 19.4.